The molecule has 1 aliphatic heterocycles. The van der Waals surface area contributed by atoms with Crippen molar-refractivity contribution in [2.75, 3.05) is 6.61 Å². The molecule has 4 aromatic rings. The van der Waals surface area contributed by atoms with Gasteiger partial charge in [-0.15, -0.1) is 0 Å². The number of Topliss-reactive ketones (excluding diaryl/α,β-unsaturated/α-hetero) is 1. The number of likely N-dealkylation sites (tertiary alicyclic amines) is 1. The van der Waals surface area contributed by atoms with E-state index in [0.717, 1.165) is 27.2 Å². The van der Waals surface area contributed by atoms with Gasteiger partial charge >= 0.3 is 11.9 Å². The Labute approximate surface area is 300 Å². The van der Waals surface area contributed by atoms with Gasteiger partial charge in [-0.25, -0.2) is 9.59 Å². The molecule has 4 aromatic carbocycles. The van der Waals surface area contributed by atoms with E-state index >= 15 is 0 Å². The maximum Gasteiger partial charge on any atom is 0.343 e. The predicted molar refractivity (Wildman–Crippen MR) is 188 cm³/mol. The average molecular weight is 785 g/mol. The van der Waals surface area contributed by atoms with Gasteiger partial charge in [0.15, 0.2) is 12.4 Å². The van der Waals surface area contributed by atoms with Gasteiger partial charge in [0.25, 0.3) is 0 Å². The van der Waals surface area contributed by atoms with Crippen LogP contribution in [0.2, 0.25) is 0 Å². The molecule has 0 radical (unpaired) electrons. The first-order valence-electron chi connectivity index (χ1n) is 16.0. The molecule has 0 spiro atoms. The molecule has 10 heteroatoms. The van der Waals surface area contributed by atoms with Gasteiger partial charge in [0.05, 0.1) is 26.0 Å². The summed E-state index contributed by atoms with van der Waals surface area (Å²) in [5.74, 6) is -4.27. The van der Waals surface area contributed by atoms with E-state index in [1.807, 2.05) is 62.4 Å². The van der Waals surface area contributed by atoms with Crippen molar-refractivity contribution in [1.29, 1.82) is 0 Å². The predicted octanol–water partition coefficient (Wildman–Crippen LogP) is 6.95. The molecular weight excluding hydrogens is 754 g/mol. The van der Waals surface area contributed by atoms with Crippen LogP contribution in [-0.2, 0) is 27.8 Å². The molecule has 2 bridgehead atoms. The average Bonchev–Trinajstić information content (AvgIpc) is 3.39. The summed E-state index contributed by atoms with van der Waals surface area (Å²) in [5, 5.41) is 0. The topological polar surface area (TPSA) is 107 Å². The first kappa shape index (κ1) is 33.1. The lowest BCUT2D eigenvalue weighted by Gasteiger charge is -2.55. The molecular formula is C39H31Br2NO7. The SMILES string of the molecule is CC(C)CC(C(=O)OCC(=O)c1ccc(OC(=O)c2ccccc2)cc1)N1C(=O)C2C(C1=O)C1(Br)c3ccccc3C2(Br)c2ccccc21. The number of hydrogen-bond acceptors (Lipinski definition) is 7. The number of carbonyl (C=O) groups is 5. The Morgan fingerprint density at radius 2 is 1.16 bits per heavy atom. The van der Waals surface area contributed by atoms with Crippen molar-refractivity contribution in [3.8, 4) is 5.75 Å². The minimum atomic E-state index is -1.23. The van der Waals surface area contributed by atoms with Gasteiger partial charge < -0.3 is 9.47 Å². The summed E-state index contributed by atoms with van der Waals surface area (Å²) in [6, 6.07) is 28.7. The Kier molecular flexibility index (Phi) is 8.43. The molecule has 0 saturated carbocycles. The van der Waals surface area contributed by atoms with Gasteiger partial charge in [-0.2, -0.15) is 0 Å². The van der Waals surface area contributed by atoms with E-state index in [9.17, 15) is 24.0 Å². The van der Waals surface area contributed by atoms with Gasteiger partial charge in [-0.05, 0) is 71.0 Å². The summed E-state index contributed by atoms with van der Waals surface area (Å²) in [6.45, 7) is 3.19. The maximum atomic E-state index is 14.5. The van der Waals surface area contributed by atoms with Crippen LogP contribution in [-0.4, -0.2) is 47.1 Å². The molecule has 0 N–H and O–H groups in total. The van der Waals surface area contributed by atoms with Crippen LogP contribution in [0.5, 0.6) is 5.75 Å². The monoisotopic (exact) mass is 783 g/mol. The van der Waals surface area contributed by atoms with Crippen molar-refractivity contribution in [2.45, 2.75) is 35.0 Å². The zero-order valence-electron chi connectivity index (χ0n) is 26.6. The molecule has 4 aliphatic rings. The van der Waals surface area contributed by atoms with E-state index in [0.29, 0.717) is 5.56 Å². The first-order chi connectivity index (χ1) is 23.5. The Bertz CT molecular complexity index is 1890. The van der Waals surface area contributed by atoms with Crippen molar-refractivity contribution in [2.24, 2.45) is 17.8 Å². The summed E-state index contributed by atoms with van der Waals surface area (Å²) in [4.78, 5) is 69.4. The standard InChI is InChI=1S/C39H31Br2NO7/c1-22(2)20-30(37(47)48-21-31(43)23-16-18-25(19-17-23)49-36(46)24-10-4-3-5-11-24)42-34(44)32-33(35(42)45)39(41)27-13-7-6-12-26(27)38(32,40)28-14-8-9-15-29(28)39/h3-19,22,30,32-33H,20-21H2,1-2H3. The summed E-state index contributed by atoms with van der Waals surface area (Å²) < 4.78 is 8.93. The number of imide groups is 1. The van der Waals surface area contributed by atoms with Crippen molar-refractivity contribution in [3.05, 3.63) is 137 Å². The van der Waals surface area contributed by atoms with E-state index in [1.165, 1.54) is 24.3 Å². The summed E-state index contributed by atoms with van der Waals surface area (Å²) >= 11 is 7.98. The van der Waals surface area contributed by atoms with Crippen molar-refractivity contribution >= 4 is 61.4 Å². The largest absolute Gasteiger partial charge is 0.456 e. The van der Waals surface area contributed by atoms with Crippen LogP contribution < -0.4 is 4.74 Å². The second kappa shape index (κ2) is 12.5. The molecule has 0 aromatic heterocycles. The second-order valence-corrected chi connectivity index (χ2v) is 15.5. The molecule has 3 aliphatic carbocycles. The van der Waals surface area contributed by atoms with Crippen LogP contribution in [0.15, 0.2) is 103 Å². The highest BCUT2D eigenvalue weighted by Gasteiger charge is 2.73. The number of ketones is 1. The normalized spacial score (nSPS) is 23.8. The number of carbonyl (C=O) groups excluding carboxylic acids is 5. The third kappa shape index (κ3) is 5.18. The summed E-state index contributed by atoms with van der Waals surface area (Å²) in [7, 11) is 0. The fourth-order valence-corrected chi connectivity index (χ4v) is 9.82. The number of ether oxygens (including phenoxy) is 2. The van der Waals surface area contributed by atoms with Gasteiger partial charge in [-0.3, -0.25) is 19.3 Å². The van der Waals surface area contributed by atoms with E-state index < -0.39 is 62.7 Å². The van der Waals surface area contributed by atoms with E-state index in [1.54, 1.807) is 30.3 Å². The minimum absolute atomic E-state index is 0.0791. The summed E-state index contributed by atoms with van der Waals surface area (Å²) in [5.41, 5.74) is 4.20. The number of hydrogen-bond donors (Lipinski definition) is 0. The minimum Gasteiger partial charge on any atom is -0.456 e. The highest BCUT2D eigenvalue weighted by Crippen LogP contribution is 2.70. The fourth-order valence-electron chi connectivity index (χ4n) is 7.51. The number of rotatable bonds is 9. The molecule has 1 saturated heterocycles. The van der Waals surface area contributed by atoms with Crippen LogP contribution in [0, 0.1) is 17.8 Å². The molecule has 1 fully saturated rings. The number of benzene rings is 4. The highest BCUT2D eigenvalue weighted by atomic mass is 79.9. The smallest absolute Gasteiger partial charge is 0.343 e. The molecule has 3 unspecified atom stereocenters. The Balaban J connectivity index is 1.12. The number of nitrogens with zero attached hydrogens (tertiary/aromatic N) is 1. The Morgan fingerprint density at radius 1 is 0.694 bits per heavy atom. The lowest BCUT2D eigenvalue weighted by molar-refractivity contribution is -0.159. The first-order valence-corrected chi connectivity index (χ1v) is 17.6. The molecule has 248 valence electrons. The quantitative estimate of drug-likeness (QED) is 0.0595. The number of esters is 2. The van der Waals surface area contributed by atoms with Gasteiger partial charge in [-0.1, -0.05) is 112 Å². The van der Waals surface area contributed by atoms with Crippen molar-refractivity contribution in [3.63, 3.8) is 0 Å². The summed E-state index contributed by atoms with van der Waals surface area (Å²) in [6.07, 6.45) is 0.163. The third-order valence-electron chi connectivity index (χ3n) is 9.64. The lowest BCUT2D eigenvalue weighted by Crippen LogP contribution is -2.56. The molecule has 1 heterocycles. The van der Waals surface area contributed by atoms with Crippen molar-refractivity contribution in [1.82, 2.24) is 4.90 Å². The van der Waals surface area contributed by atoms with Crippen LogP contribution in [0.3, 0.4) is 0 Å². The van der Waals surface area contributed by atoms with Crippen LogP contribution in [0.1, 0.15) is 63.2 Å². The Hall–Kier alpha value is -4.41. The van der Waals surface area contributed by atoms with E-state index in [4.69, 9.17) is 9.47 Å². The van der Waals surface area contributed by atoms with E-state index in [-0.39, 0.29) is 23.7 Å². The van der Waals surface area contributed by atoms with Crippen LogP contribution >= 0.6 is 31.9 Å². The highest BCUT2D eigenvalue weighted by molar-refractivity contribution is 9.10. The Morgan fingerprint density at radius 3 is 1.63 bits per heavy atom. The molecule has 2 amide bonds. The van der Waals surface area contributed by atoms with Gasteiger partial charge in [0, 0.05) is 5.56 Å². The van der Waals surface area contributed by atoms with E-state index in [2.05, 4.69) is 31.9 Å². The van der Waals surface area contributed by atoms with Gasteiger partial charge in [0.2, 0.25) is 11.8 Å². The number of halogens is 2. The van der Waals surface area contributed by atoms with Crippen molar-refractivity contribution < 1.29 is 33.4 Å². The zero-order valence-corrected chi connectivity index (χ0v) is 29.8. The molecule has 8 rings (SSSR count). The number of amides is 2. The second-order valence-electron chi connectivity index (χ2n) is 13.0. The molecule has 49 heavy (non-hydrogen) atoms. The zero-order chi connectivity index (χ0) is 34.7. The lowest BCUT2D eigenvalue weighted by atomic mass is 9.54. The van der Waals surface area contributed by atoms with Gasteiger partial charge in [0.1, 0.15) is 11.8 Å². The molecule has 3 atom stereocenters. The third-order valence-corrected chi connectivity index (χ3v) is 12.3. The maximum absolute atomic E-state index is 14.5. The fraction of sp³-hybridized carbons (Fsp3) is 0.256. The number of alkyl halides is 2. The molecule has 8 nitrogen and oxygen atoms in total. The van der Waals surface area contributed by atoms with Crippen LogP contribution in [0.25, 0.3) is 0 Å². The van der Waals surface area contributed by atoms with Crippen LogP contribution in [0.4, 0.5) is 0 Å².